The van der Waals surface area contributed by atoms with Gasteiger partial charge in [0.15, 0.2) is 5.78 Å². The zero-order valence-corrected chi connectivity index (χ0v) is 15.9. The van der Waals surface area contributed by atoms with Crippen molar-refractivity contribution >= 4 is 12.1 Å². The summed E-state index contributed by atoms with van der Waals surface area (Å²) in [6, 6.07) is 13.8. The standard InChI is InChI=1S/C23H25FN2O2/c24-20-7-5-18(6-8-20)23(28)15-25-11-9-17(10-12-25)13-26-14-19-3-1-2-4-21(19)22(26)16-27/h1-8,16-17,22H,9-15H2. The molecule has 0 amide bonds. The van der Waals surface area contributed by atoms with E-state index in [1.807, 2.05) is 12.1 Å². The molecule has 2 aromatic carbocycles. The first-order valence-electron chi connectivity index (χ1n) is 9.92. The van der Waals surface area contributed by atoms with Crippen molar-refractivity contribution in [3.63, 3.8) is 0 Å². The molecule has 5 heteroatoms. The van der Waals surface area contributed by atoms with Crippen molar-refractivity contribution in [2.75, 3.05) is 26.2 Å². The van der Waals surface area contributed by atoms with E-state index in [0.717, 1.165) is 50.9 Å². The summed E-state index contributed by atoms with van der Waals surface area (Å²) in [6.45, 7) is 3.89. The molecule has 0 bridgehead atoms. The number of hydrogen-bond acceptors (Lipinski definition) is 4. The summed E-state index contributed by atoms with van der Waals surface area (Å²) >= 11 is 0. The van der Waals surface area contributed by atoms with Gasteiger partial charge in [-0.1, -0.05) is 24.3 Å². The molecular formula is C23H25FN2O2. The molecule has 2 aromatic rings. The molecule has 2 aliphatic rings. The van der Waals surface area contributed by atoms with Gasteiger partial charge in [0.05, 0.1) is 12.6 Å². The first kappa shape index (κ1) is 19.0. The lowest BCUT2D eigenvalue weighted by Gasteiger charge is -2.34. The largest absolute Gasteiger partial charge is 0.301 e. The predicted octanol–water partition coefficient (Wildman–Crippen LogP) is 3.48. The second-order valence-electron chi connectivity index (χ2n) is 7.86. The van der Waals surface area contributed by atoms with Crippen molar-refractivity contribution in [3.05, 3.63) is 71.0 Å². The van der Waals surface area contributed by atoms with E-state index in [4.69, 9.17) is 0 Å². The van der Waals surface area contributed by atoms with Crippen LogP contribution in [0.1, 0.15) is 40.4 Å². The summed E-state index contributed by atoms with van der Waals surface area (Å²) in [5.41, 5.74) is 2.95. The van der Waals surface area contributed by atoms with Crippen molar-refractivity contribution in [1.29, 1.82) is 0 Å². The van der Waals surface area contributed by atoms with Crippen molar-refractivity contribution in [2.24, 2.45) is 5.92 Å². The van der Waals surface area contributed by atoms with Gasteiger partial charge in [-0.15, -0.1) is 0 Å². The molecule has 1 saturated heterocycles. The number of carbonyl (C=O) groups excluding carboxylic acids is 2. The Morgan fingerprint density at radius 1 is 1.07 bits per heavy atom. The number of rotatable bonds is 6. The molecule has 146 valence electrons. The minimum absolute atomic E-state index is 0.0365. The highest BCUT2D eigenvalue weighted by Gasteiger charge is 2.32. The van der Waals surface area contributed by atoms with Crippen LogP contribution in [0, 0.1) is 11.7 Å². The molecule has 0 aromatic heterocycles. The molecule has 2 heterocycles. The first-order valence-corrected chi connectivity index (χ1v) is 9.92. The van der Waals surface area contributed by atoms with Gasteiger partial charge < -0.3 is 4.79 Å². The molecule has 4 rings (SSSR count). The van der Waals surface area contributed by atoms with Crippen molar-refractivity contribution in [1.82, 2.24) is 9.80 Å². The average molecular weight is 380 g/mol. The Balaban J connectivity index is 1.28. The van der Waals surface area contributed by atoms with Gasteiger partial charge in [-0.3, -0.25) is 14.6 Å². The molecule has 28 heavy (non-hydrogen) atoms. The number of aldehydes is 1. The second-order valence-corrected chi connectivity index (χ2v) is 7.86. The summed E-state index contributed by atoms with van der Waals surface area (Å²) in [5.74, 6) is 0.249. The molecule has 0 radical (unpaired) electrons. The van der Waals surface area contributed by atoms with Gasteiger partial charge in [-0.2, -0.15) is 0 Å². The van der Waals surface area contributed by atoms with Crippen LogP contribution in [0.25, 0.3) is 0 Å². The van der Waals surface area contributed by atoms with Gasteiger partial charge in [0.25, 0.3) is 0 Å². The monoisotopic (exact) mass is 380 g/mol. The van der Waals surface area contributed by atoms with Gasteiger partial charge in [-0.05, 0) is 67.2 Å². The smallest absolute Gasteiger partial charge is 0.176 e. The zero-order valence-electron chi connectivity index (χ0n) is 15.9. The Hall–Kier alpha value is -2.37. The first-order chi connectivity index (χ1) is 13.6. The number of benzene rings is 2. The SMILES string of the molecule is O=CC1c2ccccc2CN1CC1CCN(CC(=O)c2ccc(F)cc2)CC1. The molecule has 2 aliphatic heterocycles. The van der Waals surface area contributed by atoms with Crippen LogP contribution in [0.3, 0.4) is 0 Å². The number of nitrogens with zero attached hydrogens (tertiary/aromatic N) is 2. The number of ketones is 1. The Morgan fingerprint density at radius 2 is 1.79 bits per heavy atom. The molecule has 0 aliphatic carbocycles. The highest BCUT2D eigenvalue weighted by atomic mass is 19.1. The summed E-state index contributed by atoms with van der Waals surface area (Å²) in [5, 5.41) is 0. The Morgan fingerprint density at radius 3 is 2.50 bits per heavy atom. The Bertz CT molecular complexity index is 844. The number of Topliss-reactive ketones (excluding diaryl/α,β-unsaturated/α-hetero) is 1. The highest BCUT2D eigenvalue weighted by Crippen LogP contribution is 2.33. The van der Waals surface area contributed by atoms with E-state index >= 15 is 0 Å². The maximum Gasteiger partial charge on any atom is 0.176 e. The number of hydrogen-bond donors (Lipinski definition) is 0. The lowest BCUT2D eigenvalue weighted by atomic mass is 9.95. The fourth-order valence-corrected chi connectivity index (χ4v) is 4.41. The van der Waals surface area contributed by atoms with Crippen molar-refractivity contribution < 1.29 is 14.0 Å². The van der Waals surface area contributed by atoms with Crippen LogP contribution in [0.5, 0.6) is 0 Å². The molecule has 0 N–H and O–H groups in total. The van der Waals surface area contributed by atoms with Crippen molar-refractivity contribution in [2.45, 2.75) is 25.4 Å². The number of piperidine rings is 1. The van der Waals surface area contributed by atoms with Crippen LogP contribution in [-0.2, 0) is 11.3 Å². The second kappa shape index (κ2) is 8.33. The zero-order chi connectivity index (χ0) is 19.5. The lowest BCUT2D eigenvalue weighted by Crippen LogP contribution is -2.40. The summed E-state index contributed by atoms with van der Waals surface area (Å²) in [7, 11) is 0. The molecule has 0 spiro atoms. The fourth-order valence-electron chi connectivity index (χ4n) is 4.41. The van der Waals surface area contributed by atoms with E-state index in [-0.39, 0.29) is 17.6 Å². The maximum absolute atomic E-state index is 13.0. The summed E-state index contributed by atoms with van der Waals surface area (Å²) in [6.07, 6.45) is 3.10. The molecule has 1 unspecified atom stereocenters. The topological polar surface area (TPSA) is 40.6 Å². The van der Waals surface area contributed by atoms with E-state index in [1.54, 1.807) is 12.1 Å². The van der Waals surface area contributed by atoms with Crippen LogP contribution < -0.4 is 0 Å². The third-order valence-corrected chi connectivity index (χ3v) is 6.00. The lowest BCUT2D eigenvalue weighted by molar-refractivity contribution is -0.112. The maximum atomic E-state index is 13.0. The molecule has 1 fully saturated rings. The van der Waals surface area contributed by atoms with Gasteiger partial charge >= 0.3 is 0 Å². The predicted molar refractivity (Wildman–Crippen MR) is 106 cm³/mol. The van der Waals surface area contributed by atoms with Crippen LogP contribution in [0.2, 0.25) is 0 Å². The van der Waals surface area contributed by atoms with E-state index in [1.165, 1.54) is 17.7 Å². The fraction of sp³-hybridized carbons (Fsp3) is 0.391. The minimum atomic E-state index is -0.324. The number of fused-ring (bicyclic) bond motifs is 1. The van der Waals surface area contributed by atoms with Crippen LogP contribution in [0.4, 0.5) is 4.39 Å². The third-order valence-electron chi connectivity index (χ3n) is 6.00. The molecule has 4 nitrogen and oxygen atoms in total. The molecule has 0 saturated carbocycles. The van der Waals surface area contributed by atoms with Gasteiger partial charge in [0, 0.05) is 18.7 Å². The number of halogens is 1. The molecular weight excluding hydrogens is 355 g/mol. The summed E-state index contributed by atoms with van der Waals surface area (Å²) < 4.78 is 13.0. The van der Waals surface area contributed by atoms with E-state index in [2.05, 4.69) is 21.9 Å². The van der Waals surface area contributed by atoms with Gasteiger partial charge in [0.1, 0.15) is 12.1 Å². The van der Waals surface area contributed by atoms with Gasteiger partial charge in [0.2, 0.25) is 0 Å². The number of likely N-dealkylation sites (tertiary alicyclic amines) is 1. The highest BCUT2D eigenvalue weighted by molar-refractivity contribution is 5.97. The van der Waals surface area contributed by atoms with Gasteiger partial charge in [-0.25, -0.2) is 4.39 Å². The third kappa shape index (κ3) is 4.05. The Kier molecular flexibility index (Phi) is 5.64. The van der Waals surface area contributed by atoms with Crippen LogP contribution in [0.15, 0.2) is 48.5 Å². The van der Waals surface area contributed by atoms with Crippen LogP contribution in [-0.4, -0.2) is 48.0 Å². The van der Waals surface area contributed by atoms with Crippen LogP contribution >= 0.6 is 0 Å². The quantitative estimate of drug-likeness (QED) is 0.568. The van der Waals surface area contributed by atoms with E-state index in [0.29, 0.717) is 18.0 Å². The van der Waals surface area contributed by atoms with Crippen molar-refractivity contribution in [3.8, 4) is 0 Å². The average Bonchev–Trinajstić information content (AvgIpc) is 3.07. The van der Waals surface area contributed by atoms with E-state index < -0.39 is 0 Å². The minimum Gasteiger partial charge on any atom is -0.301 e. The van der Waals surface area contributed by atoms with E-state index in [9.17, 15) is 14.0 Å². The number of carbonyl (C=O) groups is 2. The Labute approximate surface area is 164 Å². The normalized spacial score (nSPS) is 20.8. The molecule has 1 atom stereocenters. The summed E-state index contributed by atoms with van der Waals surface area (Å²) in [4.78, 5) is 28.5.